The molecule has 0 aliphatic carbocycles. The first kappa shape index (κ1) is 11.5. The van der Waals surface area contributed by atoms with Crippen LogP contribution >= 0.6 is 31.9 Å². The molecule has 0 fully saturated rings. The van der Waals surface area contributed by atoms with Gasteiger partial charge in [-0.2, -0.15) is 0 Å². The number of primary amides is 1. The number of halogens is 2. The minimum atomic E-state index is -0.328. The lowest BCUT2D eigenvalue weighted by atomic mass is 10.4. The number of carbonyl (C=O) groups is 1. The van der Waals surface area contributed by atoms with Crippen molar-refractivity contribution in [2.75, 3.05) is 11.9 Å². The van der Waals surface area contributed by atoms with Crippen LogP contribution in [0.5, 0.6) is 0 Å². The van der Waals surface area contributed by atoms with Crippen LogP contribution in [0.15, 0.2) is 21.2 Å². The van der Waals surface area contributed by atoms with Crippen molar-refractivity contribution in [3.05, 3.63) is 21.2 Å². The van der Waals surface area contributed by atoms with Gasteiger partial charge in [0.25, 0.3) is 0 Å². The van der Waals surface area contributed by atoms with E-state index in [2.05, 4.69) is 42.2 Å². The first-order valence-electron chi connectivity index (χ1n) is 3.93. The normalized spacial score (nSPS) is 9.86. The summed E-state index contributed by atoms with van der Waals surface area (Å²) in [5.74, 6) is 0.375. The van der Waals surface area contributed by atoms with E-state index in [4.69, 9.17) is 5.73 Å². The quantitative estimate of drug-likeness (QED) is 0.889. The van der Waals surface area contributed by atoms with E-state index in [1.165, 1.54) is 0 Å². The first-order valence-corrected chi connectivity index (χ1v) is 5.51. The second kappa shape index (κ2) is 5.31. The van der Waals surface area contributed by atoms with Crippen LogP contribution in [0.2, 0.25) is 0 Å². The Morgan fingerprint density at radius 1 is 1.57 bits per heavy atom. The number of pyridine rings is 1. The topological polar surface area (TPSA) is 68.0 Å². The molecule has 1 rings (SSSR count). The zero-order valence-electron chi connectivity index (χ0n) is 7.26. The number of nitrogens with two attached hydrogens (primary N) is 1. The highest BCUT2D eigenvalue weighted by molar-refractivity contribution is 9.11. The number of hydrogen-bond donors (Lipinski definition) is 2. The molecular formula is C8H9Br2N3O. The van der Waals surface area contributed by atoms with Crippen LogP contribution in [0.25, 0.3) is 0 Å². The molecule has 0 aliphatic heterocycles. The molecule has 0 bridgehead atoms. The predicted octanol–water partition coefficient (Wildman–Crippen LogP) is 1.89. The van der Waals surface area contributed by atoms with Gasteiger partial charge in [0.15, 0.2) is 0 Å². The summed E-state index contributed by atoms with van der Waals surface area (Å²) >= 11 is 6.64. The van der Waals surface area contributed by atoms with E-state index in [9.17, 15) is 4.79 Å². The molecule has 4 nitrogen and oxygen atoms in total. The van der Waals surface area contributed by atoms with Crippen LogP contribution in [0.4, 0.5) is 5.82 Å². The van der Waals surface area contributed by atoms with Crippen LogP contribution in [0.1, 0.15) is 6.42 Å². The smallest absolute Gasteiger partial charge is 0.219 e. The van der Waals surface area contributed by atoms with Crippen LogP contribution in [-0.4, -0.2) is 17.4 Å². The van der Waals surface area contributed by atoms with Crippen molar-refractivity contribution in [1.82, 2.24) is 4.98 Å². The molecule has 0 atom stereocenters. The average molecular weight is 323 g/mol. The number of nitrogens with zero attached hydrogens (tertiary/aromatic N) is 1. The fraction of sp³-hybridized carbons (Fsp3) is 0.250. The zero-order valence-corrected chi connectivity index (χ0v) is 10.4. The zero-order chi connectivity index (χ0) is 10.6. The Bertz CT molecular complexity index is 343. The molecule has 0 saturated carbocycles. The third kappa shape index (κ3) is 3.63. The summed E-state index contributed by atoms with van der Waals surface area (Å²) in [6.45, 7) is 0.489. The van der Waals surface area contributed by atoms with Gasteiger partial charge in [-0.05, 0) is 37.9 Å². The Hall–Kier alpha value is -0.620. The Morgan fingerprint density at radius 3 is 2.86 bits per heavy atom. The van der Waals surface area contributed by atoms with Crippen molar-refractivity contribution >= 4 is 43.6 Å². The lowest BCUT2D eigenvalue weighted by Gasteiger charge is -2.05. The monoisotopic (exact) mass is 321 g/mol. The molecule has 0 aromatic carbocycles. The van der Waals surface area contributed by atoms with E-state index in [1.807, 2.05) is 6.07 Å². The average Bonchev–Trinajstić information content (AvgIpc) is 2.08. The maximum absolute atomic E-state index is 10.5. The first-order chi connectivity index (χ1) is 6.59. The summed E-state index contributed by atoms with van der Waals surface area (Å²) in [4.78, 5) is 14.6. The van der Waals surface area contributed by atoms with Gasteiger partial charge in [0.2, 0.25) is 5.91 Å². The second-order valence-electron chi connectivity index (χ2n) is 2.63. The van der Waals surface area contributed by atoms with E-state index in [0.29, 0.717) is 18.8 Å². The molecular weight excluding hydrogens is 314 g/mol. The summed E-state index contributed by atoms with van der Waals surface area (Å²) in [5, 5.41) is 2.99. The highest BCUT2D eigenvalue weighted by Crippen LogP contribution is 2.23. The van der Waals surface area contributed by atoms with E-state index < -0.39 is 0 Å². The number of hydrogen-bond acceptors (Lipinski definition) is 3. The van der Waals surface area contributed by atoms with Crippen LogP contribution in [-0.2, 0) is 4.79 Å². The van der Waals surface area contributed by atoms with Gasteiger partial charge < -0.3 is 11.1 Å². The van der Waals surface area contributed by atoms with Gasteiger partial charge in [-0.25, -0.2) is 4.98 Å². The Balaban J connectivity index is 2.55. The van der Waals surface area contributed by atoms with Crippen molar-refractivity contribution in [1.29, 1.82) is 0 Å². The molecule has 6 heteroatoms. The molecule has 14 heavy (non-hydrogen) atoms. The highest BCUT2D eigenvalue weighted by Gasteiger charge is 2.01. The lowest BCUT2D eigenvalue weighted by Crippen LogP contribution is -2.16. The molecule has 76 valence electrons. The molecule has 0 aliphatic rings. The van der Waals surface area contributed by atoms with E-state index >= 15 is 0 Å². The van der Waals surface area contributed by atoms with Crippen LogP contribution in [0.3, 0.4) is 0 Å². The van der Waals surface area contributed by atoms with Gasteiger partial charge in [0, 0.05) is 23.6 Å². The molecule has 0 radical (unpaired) electrons. The Kier molecular flexibility index (Phi) is 4.34. The molecule has 0 unspecified atom stereocenters. The number of anilines is 1. The number of nitrogens with one attached hydrogen (secondary N) is 1. The van der Waals surface area contributed by atoms with Crippen molar-refractivity contribution in [3.8, 4) is 0 Å². The van der Waals surface area contributed by atoms with Gasteiger partial charge in [-0.3, -0.25) is 4.79 Å². The highest BCUT2D eigenvalue weighted by atomic mass is 79.9. The van der Waals surface area contributed by atoms with Gasteiger partial charge in [-0.1, -0.05) is 0 Å². The minimum absolute atomic E-state index is 0.296. The Labute approximate surface area is 98.5 Å². The number of amides is 1. The summed E-state index contributed by atoms with van der Waals surface area (Å²) in [6.07, 6.45) is 1.97. The molecule has 0 spiro atoms. The lowest BCUT2D eigenvalue weighted by molar-refractivity contribution is -0.117. The number of rotatable bonds is 4. The van der Waals surface area contributed by atoms with E-state index in [1.54, 1.807) is 6.20 Å². The van der Waals surface area contributed by atoms with Gasteiger partial charge in [-0.15, -0.1) is 0 Å². The summed E-state index contributed by atoms with van der Waals surface area (Å²) in [5.41, 5.74) is 5.00. The standard InChI is InChI=1S/C8H9Br2N3O/c9-5-3-6(10)8(13-4-5)12-2-1-7(11)14/h3-4H,1-2H2,(H2,11,14)(H,12,13). The fourth-order valence-corrected chi connectivity index (χ4v) is 1.98. The maximum atomic E-state index is 10.5. The second-order valence-corrected chi connectivity index (χ2v) is 4.40. The third-order valence-electron chi connectivity index (χ3n) is 1.47. The van der Waals surface area contributed by atoms with Gasteiger partial charge in [0.05, 0.1) is 4.47 Å². The molecule has 0 saturated heterocycles. The SMILES string of the molecule is NC(=O)CCNc1ncc(Br)cc1Br. The van der Waals surface area contributed by atoms with Crippen molar-refractivity contribution < 1.29 is 4.79 Å². The number of carbonyl (C=O) groups excluding carboxylic acids is 1. The fourth-order valence-electron chi connectivity index (χ4n) is 0.849. The summed E-state index contributed by atoms with van der Waals surface area (Å²) < 4.78 is 1.74. The van der Waals surface area contributed by atoms with Gasteiger partial charge >= 0.3 is 0 Å². The molecule has 1 amide bonds. The largest absolute Gasteiger partial charge is 0.370 e. The van der Waals surface area contributed by atoms with Gasteiger partial charge in [0.1, 0.15) is 5.82 Å². The third-order valence-corrected chi connectivity index (χ3v) is 2.51. The van der Waals surface area contributed by atoms with Crippen LogP contribution in [0, 0.1) is 0 Å². The van der Waals surface area contributed by atoms with Crippen molar-refractivity contribution in [2.45, 2.75) is 6.42 Å². The molecule has 1 aromatic heterocycles. The number of aromatic nitrogens is 1. The maximum Gasteiger partial charge on any atom is 0.219 e. The van der Waals surface area contributed by atoms with E-state index in [-0.39, 0.29) is 5.91 Å². The minimum Gasteiger partial charge on any atom is -0.370 e. The molecule has 3 N–H and O–H groups in total. The summed E-state index contributed by atoms with van der Waals surface area (Å²) in [6, 6.07) is 1.87. The van der Waals surface area contributed by atoms with E-state index in [0.717, 1.165) is 8.95 Å². The Morgan fingerprint density at radius 2 is 2.29 bits per heavy atom. The summed E-state index contributed by atoms with van der Waals surface area (Å²) in [7, 11) is 0. The van der Waals surface area contributed by atoms with Crippen molar-refractivity contribution in [2.24, 2.45) is 5.73 Å². The molecule has 1 heterocycles. The van der Waals surface area contributed by atoms with Crippen molar-refractivity contribution in [3.63, 3.8) is 0 Å². The predicted molar refractivity (Wildman–Crippen MR) is 61.9 cm³/mol. The van der Waals surface area contributed by atoms with Crippen LogP contribution < -0.4 is 11.1 Å². The molecule has 1 aromatic rings.